The van der Waals surface area contributed by atoms with Crippen molar-refractivity contribution in [3.05, 3.63) is 12.3 Å². The summed E-state index contributed by atoms with van der Waals surface area (Å²) in [4.78, 5) is 11.7. The van der Waals surface area contributed by atoms with Gasteiger partial charge in [-0.15, -0.1) is 5.10 Å². The summed E-state index contributed by atoms with van der Waals surface area (Å²) in [5.41, 5.74) is -0.521. The van der Waals surface area contributed by atoms with Crippen LogP contribution < -0.4 is 4.74 Å². The van der Waals surface area contributed by atoms with Crippen LogP contribution in [0.15, 0.2) is 12.3 Å². The zero-order valence-electron chi connectivity index (χ0n) is 11.8. The van der Waals surface area contributed by atoms with E-state index in [0.717, 1.165) is 10.7 Å². The lowest BCUT2D eigenvalue weighted by Gasteiger charge is -2.18. The number of hydrogen-bond donors (Lipinski definition) is 0. The molecule has 0 saturated heterocycles. The molecule has 0 radical (unpaired) electrons. The molecule has 5 nitrogen and oxygen atoms in total. The number of ether oxygens (including phenoxy) is 2. The molecule has 1 aromatic rings. The fourth-order valence-electron chi connectivity index (χ4n) is 1.19. The number of carbonyl (C=O) groups excluding carboxylic acids is 1. The number of rotatable bonds is 4. The molecule has 1 aromatic heterocycles. The van der Waals surface area contributed by atoms with Crippen LogP contribution in [-0.2, 0) is 4.74 Å². The van der Waals surface area contributed by atoms with Crippen LogP contribution in [0.3, 0.4) is 0 Å². The highest BCUT2D eigenvalue weighted by Crippen LogP contribution is 2.11. The molecule has 6 heteroatoms. The van der Waals surface area contributed by atoms with Crippen LogP contribution in [-0.4, -0.2) is 36.9 Å². The Morgan fingerprint density at radius 1 is 1.44 bits per heavy atom. The predicted molar refractivity (Wildman–Crippen MR) is 73.0 cm³/mol. The van der Waals surface area contributed by atoms with Crippen LogP contribution in [0.25, 0.3) is 0 Å². The molecular weight excluding hydrogens is 248 g/mol. The fourth-order valence-corrected chi connectivity index (χ4v) is 1.78. The topological polar surface area (TPSA) is 53.4 Å². The summed E-state index contributed by atoms with van der Waals surface area (Å²) in [5.74, 6) is 0.468. The van der Waals surface area contributed by atoms with E-state index in [2.05, 4.69) is 18.2 Å². The van der Waals surface area contributed by atoms with E-state index >= 15 is 0 Å². The van der Waals surface area contributed by atoms with Gasteiger partial charge in [0.1, 0.15) is 5.60 Å². The number of nitrogens with zero attached hydrogens (tertiary/aromatic N) is 2. The van der Waals surface area contributed by atoms with Gasteiger partial charge in [-0.25, -0.2) is 4.79 Å². The van der Waals surface area contributed by atoms with Crippen LogP contribution >= 0.6 is 0 Å². The van der Waals surface area contributed by atoms with E-state index in [0.29, 0.717) is 12.5 Å². The molecule has 18 heavy (non-hydrogen) atoms. The minimum Gasteiger partial charge on any atom is -0.477 e. The van der Waals surface area contributed by atoms with E-state index in [1.165, 1.54) is 0 Å². The van der Waals surface area contributed by atoms with Gasteiger partial charge in [0, 0.05) is 21.1 Å². The molecule has 0 atom stereocenters. The van der Waals surface area contributed by atoms with Gasteiger partial charge in [-0.05, 0) is 26.8 Å². The molecule has 0 bridgehead atoms. The molecule has 0 aromatic carbocycles. The summed E-state index contributed by atoms with van der Waals surface area (Å²) >= 11 is 0. The summed E-state index contributed by atoms with van der Waals surface area (Å²) in [7, 11) is -0.605. The van der Waals surface area contributed by atoms with Gasteiger partial charge in [-0.3, -0.25) is 0 Å². The van der Waals surface area contributed by atoms with Crippen molar-refractivity contribution in [3.8, 4) is 5.88 Å². The molecule has 1 heterocycles. The third-order valence-electron chi connectivity index (χ3n) is 2.09. The summed E-state index contributed by atoms with van der Waals surface area (Å²) in [6.45, 7) is 10.7. The highest BCUT2D eigenvalue weighted by atomic mass is 28.3. The standard InChI is InChI=1S/C12H22N2O3Si/c1-12(2,3)17-11(15)14-7-6-10(13-14)16-8-9-18(4)5/h6-7,18H,8-9H2,1-5H3. The van der Waals surface area contributed by atoms with Gasteiger partial charge in [-0.1, -0.05) is 13.1 Å². The van der Waals surface area contributed by atoms with Gasteiger partial charge < -0.3 is 9.47 Å². The van der Waals surface area contributed by atoms with Gasteiger partial charge in [-0.2, -0.15) is 4.68 Å². The molecule has 0 aliphatic rings. The fraction of sp³-hybridized carbons (Fsp3) is 0.667. The molecule has 1 rings (SSSR count). The first-order chi connectivity index (χ1) is 8.28. The van der Waals surface area contributed by atoms with Crippen LogP contribution in [0.5, 0.6) is 5.88 Å². The van der Waals surface area contributed by atoms with Crippen molar-refractivity contribution in [2.45, 2.75) is 45.5 Å². The predicted octanol–water partition coefficient (Wildman–Crippen LogP) is 2.53. The Labute approximate surface area is 110 Å². The van der Waals surface area contributed by atoms with Gasteiger partial charge >= 0.3 is 6.09 Å². The lowest BCUT2D eigenvalue weighted by molar-refractivity contribution is 0.0512. The van der Waals surface area contributed by atoms with E-state index in [1.54, 1.807) is 12.3 Å². The highest BCUT2D eigenvalue weighted by molar-refractivity contribution is 6.55. The molecule has 0 aliphatic carbocycles. The molecule has 0 spiro atoms. The Kier molecular flexibility index (Phi) is 4.95. The quantitative estimate of drug-likeness (QED) is 0.789. The largest absolute Gasteiger partial charge is 0.477 e. The number of carbonyl (C=O) groups is 1. The van der Waals surface area contributed by atoms with E-state index in [-0.39, 0.29) is 0 Å². The maximum absolute atomic E-state index is 11.7. The van der Waals surface area contributed by atoms with Crippen molar-refractivity contribution in [1.82, 2.24) is 9.78 Å². The lowest BCUT2D eigenvalue weighted by Crippen LogP contribution is -2.27. The second-order valence-electron chi connectivity index (χ2n) is 5.61. The van der Waals surface area contributed by atoms with Crippen molar-refractivity contribution in [1.29, 1.82) is 0 Å². The molecular formula is C12H22N2O3Si. The third-order valence-corrected chi connectivity index (χ3v) is 3.48. The van der Waals surface area contributed by atoms with Gasteiger partial charge in [0.05, 0.1) is 6.61 Å². The Balaban J connectivity index is 2.50. The molecule has 0 N–H and O–H groups in total. The van der Waals surface area contributed by atoms with E-state index < -0.39 is 20.5 Å². The van der Waals surface area contributed by atoms with E-state index in [1.807, 2.05) is 20.8 Å². The van der Waals surface area contributed by atoms with Crippen molar-refractivity contribution >= 4 is 14.9 Å². The first-order valence-electron chi connectivity index (χ1n) is 6.20. The third kappa shape index (κ3) is 5.35. The maximum atomic E-state index is 11.7. The van der Waals surface area contributed by atoms with Gasteiger partial charge in [0.2, 0.25) is 5.88 Å². The zero-order valence-corrected chi connectivity index (χ0v) is 12.9. The first-order valence-corrected chi connectivity index (χ1v) is 9.32. The maximum Gasteiger partial charge on any atom is 0.435 e. The smallest absolute Gasteiger partial charge is 0.435 e. The Hall–Kier alpha value is -1.30. The summed E-state index contributed by atoms with van der Waals surface area (Å²) < 4.78 is 11.8. The molecule has 0 amide bonds. The molecule has 0 saturated carbocycles. The summed E-state index contributed by atoms with van der Waals surface area (Å²) in [6, 6.07) is 2.77. The van der Waals surface area contributed by atoms with Crippen molar-refractivity contribution in [3.63, 3.8) is 0 Å². The Morgan fingerprint density at radius 3 is 2.67 bits per heavy atom. The van der Waals surface area contributed by atoms with Gasteiger partial charge in [0.25, 0.3) is 0 Å². The van der Waals surface area contributed by atoms with Crippen molar-refractivity contribution in [2.75, 3.05) is 6.61 Å². The highest BCUT2D eigenvalue weighted by Gasteiger charge is 2.18. The summed E-state index contributed by atoms with van der Waals surface area (Å²) in [5, 5.41) is 4.03. The Morgan fingerprint density at radius 2 is 2.11 bits per heavy atom. The molecule has 0 aliphatic heterocycles. The summed E-state index contributed by atoms with van der Waals surface area (Å²) in [6.07, 6.45) is 1.06. The zero-order chi connectivity index (χ0) is 13.8. The normalized spacial score (nSPS) is 11.7. The average molecular weight is 270 g/mol. The van der Waals surface area contributed by atoms with E-state index in [9.17, 15) is 4.79 Å². The van der Waals surface area contributed by atoms with Crippen LogP contribution in [0, 0.1) is 0 Å². The Bertz CT molecular complexity index is 396. The molecule has 102 valence electrons. The first kappa shape index (κ1) is 14.8. The van der Waals surface area contributed by atoms with Crippen molar-refractivity contribution < 1.29 is 14.3 Å². The van der Waals surface area contributed by atoms with Crippen LogP contribution in [0.2, 0.25) is 19.1 Å². The molecule has 0 unspecified atom stereocenters. The number of aromatic nitrogens is 2. The van der Waals surface area contributed by atoms with Crippen LogP contribution in [0.1, 0.15) is 20.8 Å². The average Bonchev–Trinajstić information content (AvgIpc) is 2.63. The van der Waals surface area contributed by atoms with E-state index in [4.69, 9.17) is 9.47 Å². The minimum absolute atomic E-state index is 0.468. The number of hydrogen-bond acceptors (Lipinski definition) is 4. The molecule has 0 fully saturated rings. The second kappa shape index (κ2) is 6.04. The monoisotopic (exact) mass is 270 g/mol. The SMILES string of the molecule is C[SiH](C)CCOc1ccn(C(=O)OC(C)(C)C)n1. The minimum atomic E-state index is -0.605. The lowest BCUT2D eigenvalue weighted by atomic mass is 10.2. The second-order valence-corrected chi connectivity index (χ2v) is 8.97. The van der Waals surface area contributed by atoms with Crippen LogP contribution in [0.4, 0.5) is 4.79 Å². The van der Waals surface area contributed by atoms with Gasteiger partial charge in [0.15, 0.2) is 0 Å². The van der Waals surface area contributed by atoms with Crippen molar-refractivity contribution in [2.24, 2.45) is 0 Å².